The molecule has 0 N–H and O–H groups in total. The third-order valence-electron chi connectivity index (χ3n) is 6.87. The lowest BCUT2D eigenvalue weighted by molar-refractivity contribution is 0.0595. The minimum absolute atomic E-state index is 0.0908. The quantitative estimate of drug-likeness (QED) is 0.383. The summed E-state index contributed by atoms with van der Waals surface area (Å²) in [4.78, 5) is 31.2. The first-order valence-electron chi connectivity index (χ1n) is 12.9. The van der Waals surface area contributed by atoms with Gasteiger partial charge in [0.25, 0.3) is 5.91 Å². The first-order chi connectivity index (χ1) is 18.0. The fourth-order valence-electron chi connectivity index (χ4n) is 4.74. The number of amides is 1. The number of piperazine rings is 1. The third kappa shape index (κ3) is 5.59. The molecule has 4 heterocycles. The van der Waals surface area contributed by atoms with E-state index in [4.69, 9.17) is 10.1 Å². The molecule has 1 saturated heterocycles. The summed E-state index contributed by atoms with van der Waals surface area (Å²) in [5.74, 6) is 0.794. The monoisotopic (exact) mass is 495 g/mol. The van der Waals surface area contributed by atoms with E-state index in [0.29, 0.717) is 18.3 Å². The lowest BCUT2D eigenvalue weighted by Crippen LogP contribution is -2.50. The van der Waals surface area contributed by atoms with E-state index in [0.717, 1.165) is 66.4 Å². The lowest BCUT2D eigenvalue weighted by atomic mass is 10.1. The largest absolute Gasteiger partial charge is 0.336 e. The van der Waals surface area contributed by atoms with E-state index in [9.17, 15) is 4.79 Å². The first-order valence-corrected chi connectivity index (χ1v) is 12.9. The summed E-state index contributed by atoms with van der Waals surface area (Å²) >= 11 is 0. The van der Waals surface area contributed by atoms with Gasteiger partial charge in [-0.1, -0.05) is 12.1 Å². The molecule has 1 aliphatic heterocycles. The zero-order valence-corrected chi connectivity index (χ0v) is 21.7. The molecule has 4 aromatic rings. The molecule has 1 fully saturated rings. The Kier molecular flexibility index (Phi) is 7.37. The number of aryl methyl sites for hydroxylation is 1. The molecule has 0 bridgehead atoms. The highest BCUT2D eigenvalue weighted by atomic mass is 16.2. The van der Waals surface area contributed by atoms with Crippen molar-refractivity contribution in [3.8, 4) is 22.5 Å². The maximum Gasteiger partial charge on any atom is 0.253 e. The number of rotatable bonds is 7. The molecule has 0 atom stereocenters. The fourth-order valence-corrected chi connectivity index (χ4v) is 4.74. The molecule has 8 heteroatoms. The molecule has 37 heavy (non-hydrogen) atoms. The lowest BCUT2D eigenvalue weighted by Gasteiger charge is -2.37. The number of hydrogen-bond acceptors (Lipinski definition) is 6. The van der Waals surface area contributed by atoms with Gasteiger partial charge in [0.2, 0.25) is 0 Å². The van der Waals surface area contributed by atoms with Crippen molar-refractivity contribution < 1.29 is 4.79 Å². The van der Waals surface area contributed by atoms with Crippen molar-refractivity contribution in [2.45, 2.75) is 39.8 Å². The topological polar surface area (TPSA) is 80.0 Å². The van der Waals surface area contributed by atoms with E-state index < -0.39 is 0 Å². The van der Waals surface area contributed by atoms with Crippen molar-refractivity contribution in [2.24, 2.45) is 0 Å². The number of pyridine rings is 1. The fraction of sp³-hybridized carbons (Fsp3) is 0.345. The van der Waals surface area contributed by atoms with Crippen LogP contribution in [0.25, 0.3) is 22.5 Å². The molecule has 0 unspecified atom stereocenters. The summed E-state index contributed by atoms with van der Waals surface area (Å²) in [6, 6.07) is 14.2. The van der Waals surface area contributed by atoms with Crippen LogP contribution in [0.3, 0.4) is 0 Å². The van der Waals surface area contributed by atoms with Crippen molar-refractivity contribution in [1.29, 1.82) is 0 Å². The van der Waals surface area contributed by atoms with Crippen LogP contribution in [0.4, 0.5) is 0 Å². The van der Waals surface area contributed by atoms with Gasteiger partial charge in [-0.15, -0.1) is 0 Å². The van der Waals surface area contributed by atoms with Crippen LogP contribution in [0.15, 0.2) is 67.3 Å². The van der Waals surface area contributed by atoms with Crippen LogP contribution in [0.5, 0.6) is 0 Å². The normalized spacial score (nSPS) is 14.3. The molecular formula is C29H33N7O. The molecule has 8 nitrogen and oxygen atoms in total. The summed E-state index contributed by atoms with van der Waals surface area (Å²) in [5.41, 5.74) is 5.30. The molecule has 1 amide bonds. The van der Waals surface area contributed by atoms with E-state index in [-0.39, 0.29) is 5.91 Å². The zero-order chi connectivity index (χ0) is 25.8. The van der Waals surface area contributed by atoms with Gasteiger partial charge in [-0.05, 0) is 56.7 Å². The molecule has 3 aromatic heterocycles. The Morgan fingerprint density at radius 1 is 1.03 bits per heavy atom. The number of aromatic nitrogens is 5. The Balaban J connectivity index is 1.35. The van der Waals surface area contributed by atoms with Gasteiger partial charge >= 0.3 is 0 Å². The molecule has 5 rings (SSSR count). The number of benzene rings is 1. The molecular weight excluding hydrogens is 462 g/mol. The predicted molar refractivity (Wildman–Crippen MR) is 144 cm³/mol. The van der Waals surface area contributed by atoms with Gasteiger partial charge in [0.05, 0.1) is 5.69 Å². The molecule has 0 radical (unpaired) electrons. The number of carbonyl (C=O) groups excluding carboxylic acids is 1. The maximum atomic E-state index is 13.2. The van der Waals surface area contributed by atoms with Crippen molar-refractivity contribution in [3.63, 3.8) is 0 Å². The Hall–Kier alpha value is -3.91. The highest BCUT2D eigenvalue weighted by Gasteiger charge is 2.23. The van der Waals surface area contributed by atoms with Crippen molar-refractivity contribution in [1.82, 2.24) is 34.5 Å². The average molecular weight is 496 g/mol. The Morgan fingerprint density at radius 3 is 2.59 bits per heavy atom. The van der Waals surface area contributed by atoms with Crippen LogP contribution in [0.1, 0.15) is 42.5 Å². The van der Waals surface area contributed by atoms with Gasteiger partial charge < -0.3 is 4.90 Å². The minimum Gasteiger partial charge on any atom is -0.336 e. The van der Waals surface area contributed by atoms with E-state index in [1.54, 1.807) is 12.4 Å². The van der Waals surface area contributed by atoms with Crippen molar-refractivity contribution >= 4 is 5.91 Å². The van der Waals surface area contributed by atoms with Gasteiger partial charge in [-0.3, -0.25) is 19.4 Å². The smallest absolute Gasteiger partial charge is 0.253 e. The van der Waals surface area contributed by atoms with E-state index in [2.05, 4.69) is 35.6 Å². The highest BCUT2D eigenvalue weighted by Crippen LogP contribution is 2.29. The Labute approximate surface area is 218 Å². The van der Waals surface area contributed by atoms with E-state index in [1.807, 2.05) is 64.4 Å². The van der Waals surface area contributed by atoms with Crippen molar-refractivity contribution in [3.05, 3.63) is 84.2 Å². The third-order valence-corrected chi connectivity index (χ3v) is 6.87. The first kappa shape index (κ1) is 24.8. The predicted octanol–water partition coefficient (Wildman–Crippen LogP) is 4.18. The summed E-state index contributed by atoms with van der Waals surface area (Å²) in [5, 5.41) is 4.75. The SMILES string of the molecule is CCn1cc(-c2ccnc(Cc3cccc(C(=O)N4CCN(C(C)C)CC4)c3)n2)c(-c2cccnc2)n1. The summed E-state index contributed by atoms with van der Waals surface area (Å²) < 4.78 is 1.91. The van der Waals surface area contributed by atoms with Gasteiger partial charge in [0.1, 0.15) is 11.5 Å². The molecule has 1 aromatic carbocycles. The zero-order valence-electron chi connectivity index (χ0n) is 21.7. The Bertz CT molecular complexity index is 1360. The van der Waals surface area contributed by atoms with E-state index in [1.165, 1.54) is 0 Å². The molecule has 0 saturated carbocycles. The van der Waals surface area contributed by atoms with Crippen LogP contribution in [0.2, 0.25) is 0 Å². The second-order valence-corrected chi connectivity index (χ2v) is 9.65. The van der Waals surface area contributed by atoms with Crippen LogP contribution in [-0.4, -0.2) is 72.7 Å². The highest BCUT2D eigenvalue weighted by molar-refractivity contribution is 5.94. The molecule has 1 aliphatic rings. The summed E-state index contributed by atoms with van der Waals surface area (Å²) in [7, 11) is 0. The van der Waals surface area contributed by atoms with Gasteiger partial charge in [-0.2, -0.15) is 5.10 Å². The molecule has 0 aliphatic carbocycles. The average Bonchev–Trinajstić information content (AvgIpc) is 3.38. The van der Waals surface area contributed by atoms with Crippen LogP contribution in [-0.2, 0) is 13.0 Å². The number of hydrogen-bond donors (Lipinski definition) is 0. The van der Waals surface area contributed by atoms with Crippen molar-refractivity contribution in [2.75, 3.05) is 26.2 Å². The van der Waals surface area contributed by atoms with Crippen LogP contribution in [0, 0.1) is 0 Å². The summed E-state index contributed by atoms with van der Waals surface area (Å²) in [6.07, 6.45) is 7.93. The van der Waals surface area contributed by atoms with Crippen LogP contribution < -0.4 is 0 Å². The minimum atomic E-state index is 0.0908. The summed E-state index contributed by atoms with van der Waals surface area (Å²) in [6.45, 7) is 10.6. The van der Waals surface area contributed by atoms with Gasteiger partial charge in [0, 0.05) is 86.7 Å². The second kappa shape index (κ2) is 11.0. The van der Waals surface area contributed by atoms with Gasteiger partial charge in [0.15, 0.2) is 0 Å². The Morgan fingerprint density at radius 2 is 1.86 bits per heavy atom. The van der Waals surface area contributed by atoms with Crippen LogP contribution >= 0.6 is 0 Å². The number of nitrogens with zero attached hydrogens (tertiary/aromatic N) is 7. The standard InChI is InChI=1S/C29H33N7O/c1-4-36-20-25(28(33-36)24-9-6-11-30-19-24)26-10-12-31-27(32-26)18-22-7-5-8-23(17-22)29(37)35-15-13-34(14-16-35)21(2)3/h5-12,17,19-21H,4,13-16,18H2,1-3H3. The molecule has 190 valence electrons. The molecule has 0 spiro atoms. The van der Waals surface area contributed by atoms with E-state index >= 15 is 0 Å². The maximum absolute atomic E-state index is 13.2. The second-order valence-electron chi connectivity index (χ2n) is 9.65. The van der Waals surface area contributed by atoms with Gasteiger partial charge in [-0.25, -0.2) is 9.97 Å². The number of carbonyl (C=O) groups is 1.